The average Bonchev–Trinajstić information content (AvgIpc) is 2.46. The summed E-state index contributed by atoms with van der Waals surface area (Å²) in [6.07, 6.45) is -0.471. The van der Waals surface area contributed by atoms with Gasteiger partial charge in [-0.25, -0.2) is 0 Å². The van der Waals surface area contributed by atoms with Crippen LogP contribution in [0.5, 0.6) is 0 Å². The highest BCUT2D eigenvalue weighted by atomic mass is 16.5. The third-order valence-corrected chi connectivity index (χ3v) is 2.93. The van der Waals surface area contributed by atoms with Crippen molar-refractivity contribution in [2.45, 2.75) is 19.1 Å². The molecule has 2 atom stereocenters. The molecule has 0 radical (unpaired) electrons. The molecular weight excluding hydrogens is 238 g/mol. The molecule has 2 aromatic rings. The fourth-order valence-electron chi connectivity index (χ4n) is 2.02. The van der Waals surface area contributed by atoms with Crippen LogP contribution in [-0.2, 0) is 9.53 Å². The SMILES string of the molecule is CC(=O)O[C@H](c1ccccc1)[C@@H](N)c1ccccc1. The minimum absolute atomic E-state index is 0.333. The second-order valence-electron chi connectivity index (χ2n) is 4.38. The average molecular weight is 255 g/mol. The lowest BCUT2D eigenvalue weighted by atomic mass is 9.96. The van der Waals surface area contributed by atoms with Gasteiger partial charge in [0.1, 0.15) is 6.10 Å². The molecule has 3 heteroatoms. The van der Waals surface area contributed by atoms with E-state index in [9.17, 15) is 4.79 Å². The first kappa shape index (κ1) is 13.3. The Morgan fingerprint density at radius 2 is 1.42 bits per heavy atom. The van der Waals surface area contributed by atoms with Crippen LogP contribution in [0.1, 0.15) is 30.2 Å². The first-order valence-corrected chi connectivity index (χ1v) is 6.21. The molecule has 0 saturated heterocycles. The Labute approximate surface area is 113 Å². The quantitative estimate of drug-likeness (QED) is 0.854. The van der Waals surface area contributed by atoms with Gasteiger partial charge < -0.3 is 10.5 Å². The van der Waals surface area contributed by atoms with Crippen LogP contribution in [-0.4, -0.2) is 5.97 Å². The van der Waals surface area contributed by atoms with Crippen LogP contribution in [0.3, 0.4) is 0 Å². The van der Waals surface area contributed by atoms with E-state index in [-0.39, 0.29) is 12.0 Å². The first-order chi connectivity index (χ1) is 9.18. The van der Waals surface area contributed by atoms with Gasteiger partial charge in [0, 0.05) is 6.92 Å². The molecule has 98 valence electrons. The molecular formula is C16H17NO2. The van der Waals surface area contributed by atoms with Crippen LogP contribution in [0.2, 0.25) is 0 Å². The van der Waals surface area contributed by atoms with Crippen LogP contribution >= 0.6 is 0 Å². The van der Waals surface area contributed by atoms with Crippen molar-refractivity contribution < 1.29 is 9.53 Å². The van der Waals surface area contributed by atoms with E-state index in [1.165, 1.54) is 6.92 Å². The minimum Gasteiger partial charge on any atom is -0.456 e. The molecule has 19 heavy (non-hydrogen) atoms. The van der Waals surface area contributed by atoms with Crippen LogP contribution in [0.4, 0.5) is 0 Å². The highest BCUT2D eigenvalue weighted by Crippen LogP contribution is 2.30. The van der Waals surface area contributed by atoms with Crippen molar-refractivity contribution in [3.8, 4) is 0 Å². The number of rotatable bonds is 4. The largest absolute Gasteiger partial charge is 0.456 e. The smallest absolute Gasteiger partial charge is 0.303 e. The lowest BCUT2D eigenvalue weighted by molar-refractivity contribution is -0.148. The summed E-state index contributed by atoms with van der Waals surface area (Å²) in [5.74, 6) is -0.333. The number of hydrogen-bond donors (Lipinski definition) is 1. The Morgan fingerprint density at radius 1 is 0.947 bits per heavy atom. The van der Waals surface area contributed by atoms with Crippen LogP contribution in [0.25, 0.3) is 0 Å². The van der Waals surface area contributed by atoms with Gasteiger partial charge in [0.15, 0.2) is 0 Å². The number of nitrogens with two attached hydrogens (primary N) is 1. The van der Waals surface area contributed by atoms with Crippen molar-refractivity contribution in [2.75, 3.05) is 0 Å². The van der Waals surface area contributed by atoms with Crippen molar-refractivity contribution >= 4 is 5.97 Å². The Balaban J connectivity index is 2.30. The zero-order valence-corrected chi connectivity index (χ0v) is 10.8. The molecule has 2 rings (SSSR count). The van der Waals surface area contributed by atoms with Gasteiger partial charge >= 0.3 is 5.97 Å². The summed E-state index contributed by atoms with van der Waals surface area (Å²) in [5, 5.41) is 0. The fourth-order valence-corrected chi connectivity index (χ4v) is 2.02. The van der Waals surface area contributed by atoms with Crippen molar-refractivity contribution in [2.24, 2.45) is 5.73 Å². The summed E-state index contributed by atoms with van der Waals surface area (Å²) in [6, 6.07) is 18.8. The molecule has 0 aliphatic rings. The summed E-state index contributed by atoms with van der Waals surface area (Å²) in [7, 11) is 0. The van der Waals surface area contributed by atoms with Crippen LogP contribution < -0.4 is 5.73 Å². The van der Waals surface area contributed by atoms with Gasteiger partial charge in [-0.3, -0.25) is 4.79 Å². The van der Waals surface area contributed by atoms with Crippen molar-refractivity contribution in [3.05, 3.63) is 71.8 Å². The summed E-state index contributed by atoms with van der Waals surface area (Å²) >= 11 is 0. The molecule has 0 unspecified atom stereocenters. The Hall–Kier alpha value is -2.13. The van der Waals surface area contributed by atoms with Gasteiger partial charge in [-0.05, 0) is 11.1 Å². The lowest BCUT2D eigenvalue weighted by Crippen LogP contribution is -2.23. The van der Waals surface area contributed by atoms with E-state index in [1.54, 1.807) is 0 Å². The predicted octanol–water partition coefficient (Wildman–Crippen LogP) is 2.99. The van der Waals surface area contributed by atoms with Crippen molar-refractivity contribution in [3.63, 3.8) is 0 Å². The standard InChI is InChI=1S/C16H17NO2/c1-12(18)19-16(14-10-6-3-7-11-14)15(17)13-8-4-2-5-9-13/h2-11,15-16H,17H2,1H3/t15-,16+/m0/s1. The molecule has 0 fully saturated rings. The molecule has 2 N–H and O–H groups in total. The zero-order chi connectivity index (χ0) is 13.7. The summed E-state index contributed by atoms with van der Waals surface area (Å²) in [5.41, 5.74) is 8.08. The Kier molecular flexibility index (Phi) is 4.31. The van der Waals surface area contributed by atoms with Gasteiger partial charge in [0.2, 0.25) is 0 Å². The van der Waals surface area contributed by atoms with Gasteiger partial charge in [0.25, 0.3) is 0 Å². The number of ether oxygens (including phenoxy) is 1. The van der Waals surface area contributed by atoms with Crippen molar-refractivity contribution in [1.82, 2.24) is 0 Å². The summed E-state index contributed by atoms with van der Waals surface area (Å²) in [6.45, 7) is 1.40. The molecule has 0 aliphatic heterocycles. The third-order valence-electron chi connectivity index (χ3n) is 2.93. The highest BCUT2D eigenvalue weighted by Gasteiger charge is 2.23. The number of benzene rings is 2. The second-order valence-corrected chi connectivity index (χ2v) is 4.38. The van der Waals surface area contributed by atoms with Gasteiger partial charge in [0.05, 0.1) is 6.04 Å². The number of carbonyl (C=O) groups excluding carboxylic acids is 1. The first-order valence-electron chi connectivity index (χ1n) is 6.21. The monoisotopic (exact) mass is 255 g/mol. The Bertz CT molecular complexity index is 525. The van der Waals surface area contributed by atoms with Gasteiger partial charge in [-0.1, -0.05) is 60.7 Å². The fraction of sp³-hybridized carbons (Fsp3) is 0.188. The van der Waals surface area contributed by atoms with Crippen LogP contribution in [0.15, 0.2) is 60.7 Å². The van der Waals surface area contributed by atoms with E-state index < -0.39 is 6.10 Å². The minimum atomic E-state index is -0.471. The highest BCUT2D eigenvalue weighted by molar-refractivity contribution is 5.66. The maximum Gasteiger partial charge on any atom is 0.303 e. The maximum absolute atomic E-state index is 11.3. The van der Waals surface area contributed by atoms with Gasteiger partial charge in [-0.15, -0.1) is 0 Å². The second kappa shape index (κ2) is 6.16. The van der Waals surface area contributed by atoms with E-state index in [2.05, 4.69) is 0 Å². The number of hydrogen-bond acceptors (Lipinski definition) is 3. The summed E-state index contributed by atoms with van der Waals surface area (Å²) in [4.78, 5) is 11.3. The number of carbonyl (C=O) groups is 1. The Morgan fingerprint density at radius 3 is 1.89 bits per heavy atom. The molecule has 0 aliphatic carbocycles. The lowest BCUT2D eigenvalue weighted by Gasteiger charge is -2.24. The maximum atomic E-state index is 11.3. The van der Waals surface area contributed by atoms with E-state index in [1.807, 2.05) is 60.7 Å². The molecule has 0 saturated carbocycles. The molecule has 0 heterocycles. The third kappa shape index (κ3) is 3.42. The van der Waals surface area contributed by atoms with Gasteiger partial charge in [-0.2, -0.15) is 0 Å². The summed E-state index contributed by atoms with van der Waals surface area (Å²) < 4.78 is 5.39. The van der Waals surface area contributed by atoms with E-state index in [4.69, 9.17) is 10.5 Å². The molecule has 0 amide bonds. The topological polar surface area (TPSA) is 52.3 Å². The zero-order valence-electron chi connectivity index (χ0n) is 10.8. The van der Waals surface area contributed by atoms with E-state index in [0.717, 1.165) is 11.1 Å². The molecule has 0 spiro atoms. The molecule has 0 aromatic heterocycles. The molecule has 3 nitrogen and oxygen atoms in total. The predicted molar refractivity (Wildman–Crippen MR) is 74.3 cm³/mol. The van der Waals surface area contributed by atoms with E-state index in [0.29, 0.717) is 0 Å². The molecule has 0 bridgehead atoms. The molecule has 2 aromatic carbocycles. The normalized spacial score (nSPS) is 13.6. The van der Waals surface area contributed by atoms with Crippen LogP contribution in [0, 0.1) is 0 Å². The van der Waals surface area contributed by atoms with Crippen molar-refractivity contribution in [1.29, 1.82) is 0 Å². The van der Waals surface area contributed by atoms with E-state index >= 15 is 0 Å². The number of esters is 1.